The van der Waals surface area contributed by atoms with E-state index in [0.29, 0.717) is 0 Å². The minimum Gasteiger partial charge on any atom is -0.493 e. The second-order valence-corrected chi connectivity index (χ2v) is 8.40. The summed E-state index contributed by atoms with van der Waals surface area (Å²) in [5.41, 5.74) is 3.78. The van der Waals surface area contributed by atoms with Gasteiger partial charge in [0.15, 0.2) is 17.5 Å². The number of ether oxygens (including phenoxy) is 2. The predicted molar refractivity (Wildman–Crippen MR) is 150 cm³/mol. The number of methoxy groups -OCH3 is 2. The van der Waals surface area contributed by atoms with E-state index in [9.17, 15) is 0 Å². The SMILES string of the molecule is CN=C(NCc1cccc(N2CC=CC2)c1)N1CCN(Cc2ccc(OC)c(OC)c2)CC1.I. The second kappa shape index (κ2) is 12.9. The Bertz CT molecular complexity index is 981. The molecule has 0 bridgehead atoms. The largest absolute Gasteiger partial charge is 0.493 e. The van der Waals surface area contributed by atoms with Gasteiger partial charge in [-0.2, -0.15) is 0 Å². The monoisotopic (exact) mass is 577 g/mol. The van der Waals surface area contributed by atoms with Crippen molar-refractivity contribution in [2.45, 2.75) is 13.1 Å². The van der Waals surface area contributed by atoms with Crippen molar-refractivity contribution in [1.82, 2.24) is 15.1 Å². The van der Waals surface area contributed by atoms with Gasteiger partial charge in [0.05, 0.1) is 14.2 Å². The van der Waals surface area contributed by atoms with E-state index in [4.69, 9.17) is 9.47 Å². The van der Waals surface area contributed by atoms with E-state index in [1.807, 2.05) is 13.1 Å². The highest BCUT2D eigenvalue weighted by molar-refractivity contribution is 14.0. The average molecular weight is 578 g/mol. The number of hydrogen-bond acceptors (Lipinski definition) is 5. The molecule has 2 aliphatic heterocycles. The summed E-state index contributed by atoms with van der Waals surface area (Å²) in [5, 5.41) is 3.56. The summed E-state index contributed by atoms with van der Waals surface area (Å²) in [6, 6.07) is 14.9. The van der Waals surface area contributed by atoms with Crippen molar-refractivity contribution in [3.8, 4) is 11.5 Å². The van der Waals surface area contributed by atoms with Gasteiger partial charge in [0, 0.05) is 65.1 Å². The third kappa shape index (κ3) is 6.56. The third-order valence-electron chi connectivity index (χ3n) is 6.28. The van der Waals surface area contributed by atoms with Crippen LogP contribution < -0.4 is 19.7 Å². The van der Waals surface area contributed by atoms with Gasteiger partial charge in [-0.1, -0.05) is 30.4 Å². The maximum atomic E-state index is 5.45. The number of piperazine rings is 1. The van der Waals surface area contributed by atoms with Crippen LogP contribution in [0.15, 0.2) is 59.6 Å². The van der Waals surface area contributed by atoms with E-state index in [1.54, 1.807) is 14.2 Å². The van der Waals surface area contributed by atoms with Gasteiger partial charge in [-0.3, -0.25) is 9.89 Å². The Kier molecular flexibility index (Phi) is 9.88. The molecule has 2 aliphatic rings. The number of anilines is 1. The maximum absolute atomic E-state index is 5.45. The van der Waals surface area contributed by atoms with Gasteiger partial charge in [0.2, 0.25) is 0 Å². The Hall–Kier alpha value is -2.46. The third-order valence-corrected chi connectivity index (χ3v) is 6.28. The zero-order valence-electron chi connectivity index (χ0n) is 20.4. The first kappa shape index (κ1) is 26.2. The summed E-state index contributed by atoms with van der Waals surface area (Å²) in [5.74, 6) is 2.51. The molecule has 0 aliphatic carbocycles. The van der Waals surface area contributed by atoms with Crippen LogP contribution in [0.25, 0.3) is 0 Å². The zero-order chi connectivity index (χ0) is 23.0. The van der Waals surface area contributed by atoms with Crippen LogP contribution in [0.1, 0.15) is 11.1 Å². The quantitative estimate of drug-likeness (QED) is 0.235. The fraction of sp³-hybridized carbons (Fsp3) is 0.423. The molecule has 0 spiro atoms. The molecule has 1 N–H and O–H groups in total. The molecule has 0 unspecified atom stereocenters. The van der Waals surface area contributed by atoms with E-state index in [0.717, 1.165) is 69.8 Å². The van der Waals surface area contributed by atoms with Crippen molar-refractivity contribution in [3.05, 3.63) is 65.7 Å². The molecule has 0 saturated carbocycles. The number of halogens is 1. The lowest BCUT2D eigenvalue weighted by Crippen LogP contribution is -2.52. The average Bonchev–Trinajstić information content (AvgIpc) is 3.41. The molecule has 0 amide bonds. The zero-order valence-corrected chi connectivity index (χ0v) is 22.7. The molecule has 0 atom stereocenters. The molecule has 2 heterocycles. The lowest BCUT2D eigenvalue weighted by Gasteiger charge is -2.36. The highest BCUT2D eigenvalue weighted by Gasteiger charge is 2.20. The van der Waals surface area contributed by atoms with E-state index in [2.05, 4.69) is 73.6 Å². The molecule has 1 fully saturated rings. The van der Waals surface area contributed by atoms with Gasteiger partial charge in [0.1, 0.15) is 0 Å². The Morgan fingerprint density at radius 3 is 2.32 bits per heavy atom. The van der Waals surface area contributed by atoms with Crippen molar-refractivity contribution in [2.75, 3.05) is 65.4 Å². The molecule has 2 aromatic rings. The number of hydrogen-bond donors (Lipinski definition) is 1. The van der Waals surface area contributed by atoms with Crippen LogP contribution in [0.4, 0.5) is 5.69 Å². The highest BCUT2D eigenvalue weighted by atomic mass is 127. The van der Waals surface area contributed by atoms with Gasteiger partial charge in [-0.15, -0.1) is 24.0 Å². The maximum Gasteiger partial charge on any atom is 0.194 e. The Morgan fingerprint density at radius 2 is 1.65 bits per heavy atom. The van der Waals surface area contributed by atoms with Gasteiger partial charge in [-0.05, 0) is 35.4 Å². The number of aliphatic imine (C=N–C) groups is 1. The van der Waals surface area contributed by atoms with Crippen LogP contribution in [-0.4, -0.2) is 76.3 Å². The Balaban J connectivity index is 0.00000324. The molecular formula is C26H36IN5O2. The minimum atomic E-state index is 0. The number of nitrogens with one attached hydrogen (secondary N) is 1. The number of guanidine groups is 1. The first-order chi connectivity index (χ1) is 16.2. The molecule has 8 heteroatoms. The van der Waals surface area contributed by atoms with Crippen LogP contribution in [0.3, 0.4) is 0 Å². The van der Waals surface area contributed by atoms with Gasteiger partial charge < -0.3 is 24.6 Å². The second-order valence-electron chi connectivity index (χ2n) is 8.40. The summed E-state index contributed by atoms with van der Waals surface area (Å²) in [6.45, 7) is 7.54. The summed E-state index contributed by atoms with van der Waals surface area (Å²) < 4.78 is 10.8. The standard InChI is InChI=1S/C26H35N5O2.HI/c1-27-26(28-19-21-7-6-8-23(17-21)30-11-4-5-12-30)31-15-13-29(14-16-31)20-22-9-10-24(32-2)25(18-22)33-3;/h4-10,17-18H,11-16,19-20H2,1-3H3,(H,27,28);1H. The number of nitrogens with zero attached hydrogens (tertiary/aromatic N) is 4. The summed E-state index contributed by atoms with van der Waals surface area (Å²) in [4.78, 5) is 11.7. The Labute approximate surface area is 220 Å². The lowest BCUT2D eigenvalue weighted by atomic mass is 10.1. The van der Waals surface area contributed by atoms with E-state index in [-0.39, 0.29) is 24.0 Å². The Morgan fingerprint density at radius 1 is 0.912 bits per heavy atom. The normalized spacial score (nSPS) is 16.4. The van der Waals surface area contributed by atoms with Crippen molar-refractivity contribution in [3.63, 3.8) is 0 Å². The van der Waals surface area contributed by atoms with E-state index in [1.165, 1.54) is 16.8 Å². The van der Waals surface area contributed by atoms with E-state index >= 15 is 0 Å². The van der Waals surface area contributed by atoms with Gasteiger partial charge >= 0.3 is 0 Å². The van der Waals surface area contributed by atoms with Crippen molar-refractivity contribution in [2.24, 2.45) is 4.99 Å². The molecule has 2 aromatic carbocycles. The first-order valence-corrected chi connectivity index (χ1v) is 11.6. The fourth-order valence-electron chi connectivity index (χ4n) is 4.42. The molecular weight excluding hydrogens is 541 g/mol. The van der Waals surface area contributed by atoms with Crippen molar-refractivity contribution in [1.29, 1.82) is 0 Å². The molecule has 7 nitrogen and oxygen atoms in total. The minimum absolute atomic E-state index is 0. The molecule has 0 aromatic heterocycles. The molecule has 4 rings (SSSR count). The number of rotatable bonds is 7. The molecule has 184 valence electrons. The van der Waals surface area contributed by atoms with Crippen molar-refractivity contribution < 1.29 is 9.47 Å². The van der Waals surface area contributed by atoms with Crippen LogP contribution in [0, 0.1) is 0 Å². The molecule has 1 saturated heterocycles. The smallest absolute Gasteiger partial charge is 0.194 e. The topological polar surface area (TPSA) is 52.6 Å². The molecule has 0 radical (unpaired) electrons. The van der Waals surface area contributed by atoms with Gasteiger partial charge in [-0.25, -0.2) is 0 Å². The predicted octanol–water partition coefficient (Wildman–Crippen LogP) is 3.59. The van der Waals surface area contributed by atoms with Crippen LogP contribution in [0.5, 0.6) is 11.5 Å². The van der Waals surface area contributed by atoms with Crippen LogP contribution in [0.2, 0.25) is 0 Å². The number of benzene rings is 2. The molecule has 34 heavy (non-hydrogen) atoms. The van der Waals surface area contributed by atoms with Crippen LogP contribution >= 0.6 is 24.0 Å². The van der Waals surface area contributed by atoms with Crippen LogP contribution in [-0.2, 0) is 13.1 Å². The fourth-order valence-corrected chi connectivity index (χ4v) is 4.42. The van der Waals surface area contributed by atoms with Gasteiger partial charge in [0.25, 0.3) is 0 Å². The lowest BCUT2D eigenvalue weighted by molar-refractivity contribution is 0.172. The van der Waals surface area contributed by atoms with E-state index < -0.39 is 0 Å². The highest BCUT2D eigenvalue weighted by Crippen LogP contribution is 2.28. The first-order valence-electron chi connectivity index (χ1n) is 11.6. The summed E-state index contributed by atoms with van der Waals surface area (Å²) in [7, 11) is 5.21. The van der Waals surface area contributed by atoms with Crippen molar-refractivity contribution >= 4 is 35.6 Å². The summed E-state index contributed by atoms with van der Waals surface area (Å²) in [6.07, 6.45) is 4.44. The summed E-state index contributed by atoms with van der Waals surface area (Å²) >= 11 is 0.